The lowest BCUT2D eigenvalue weighted by molar-refractivity contribution is 0.568. The van der Waals surface area contributed by atoms with Crippen LogP contribution < -0.4 is 5.32 Å². The number of hydrogen-bond donors (Lipinski definition) is 1. The number of anilines is 1. The minimum absolute atomic E-state index is 0.0112. The first-order valence-electron chi connectivity index (χ1n) is 6.96. The molecule has 2 aromatic heterocycles. The van der Waals surface area contributed by atoms with Gasteiger partial charge in [-0.15, -0.1) is 0 Å². The fourth-order valence-corrected chi connectivity index (χ4v) is 2.01. The molecule has 0 amide bonds. The van der Waals surface area contributed by atoms with E-state index in [1.807, 2.05) is 25.4 Å². The predicted octanol–water partition coefficient (Wildman–Crippen LogP) is 3.44. The SMILES string of the molecule is CCc1cnccc1-c1nc(NC)cc(C(C)(C)C)n1. The van der Waals surface area contributed by atoms with Crippen molar-refractivity contribution in [3.63, 3.8) is 0 Å². The minimum Gasteiger partial charge on any atom is -0.373 e. The third-order valence-corrected chi connectivity index (χ3v) is 3.28. The van der Waals surface area contributed by atoms with Crippen LogP contribution in [0.4, 0.5) is 5.82 Å². The summed E-state index contributed by atoms with van der Waals surface area (Å²) in [7, 11) is 1.88. The van der Waals surface area contributed by atoms with E-state index in [1.165, 1.54) is 5.56 Å². The van der Waals surface area contributed by atoms with Crippen LogP contribution in [-0.4, -0.2) is 22.0 Å². The molecule has 2 aromatic rings. The number of rotatable bonds is 3. The van der Waals surface area contributed by atoms with Gasteiger partial charge in [0.05, 0.1) is 5.69 Å². The summed E-state index contributed by atoms with van der Waals surface area (Å²) >= 11 is 0. The molecule has 0 atom stereocenters. The van der Waals surface area contributed by atoms with Gasteiger partial charge >= 0.3 is 0 Å². The molecule has 0 aromatic carbocycles. The molecule has 106 valence electrons. The third-order valence-electron chi connectivity index (χ3n) is 3.28. The van der Waals surface area contributed by atoms with Gasteiger partial charge in [-0.25, -0.2) is 9.97 Å². The first kappa shape index (κ1) is 14.4. The van der Waals surface area contributed by atoms with Crippen LogP contribution in [0.1, 0.15) is 39.0 Å². The van der Waals surface area contributed by atoms with E-state index in [4.69, 9.17) is 4.98 Å². The number of hydrogen-bond acceptors (Lipinski definition) is 4. The van der Waals surface area contributed by atoms with E-state index < -0.39 is 0 Å². The van der Waals surface area contributed by atoms with Gasteiger partial charge < -0.3 is 5.32 Å². The number of nitrogens with zero attached hydrogens (tertiary/aromatic N) is 3. The topological polar surface area (TPSA) is 50.7 Å². The molecule has 2 rings (SSSR count). The van der Waals surface area contributed by atoms with Gasteiger partial charge in [-0.1, -0.05) is 27.7 Å². The van der Waals surface area contributed by atoms with Crippen LogP contribution in [0, 0.1) is 0 Å². The summed E-state index contributed by atoms with van der Waals surface area (Å²) in [6.07, 6.45) is 4.60. The maximum Gasteiger partial charge on any atom is 0.162 e. The zero-order valence-electron chi connectivity index (χ0n) is 12.9. The summed E-state index contributed by atoms with van der Waals surface area (Å²) in [5.41, 5.74) is 3.25. The summed E-state index contributed by atoms with van der Waals surface area (Å²) in [5, 5.41) is 3.12. The molecule has 20 heavy (non-hydrogen) atoms. The molecule has 0 saturated heterocycles. The third kappa shape index (κ3) is 2.95. The Morgan fingerprint density at radius 2 is 1.95 bits per heavy atom. The Morgan fingerprint density at radius 1 is 1.20 bits per heavy atom. The van der Waals surface area contributed by atoms with Gasteiger partial charge in [-0.2, -0.15) is 0 Å². The van der Waals surface area contributed by atoms with Crippen molar-refractivity contribution < 1.29 is 0 Å². The van der Waals surface area contributed by atoms with E-state index >= 15 is 0 Å². The van der Waals surface area contributed by atoms with Crippen molar-refractivity contribution in [2.24, 2.45) is 0 Å². The lowest BCUT2D eigenvalue weighted by Crippen LogP contribution is -2.15. The quantitative estimate of drug-likeness (QED) is 0.928. The van der Waals surface area contributed by atoms with Gasteiger partial charge in [0.15, 0.2) is 5.82 Å². The number of aryl methyl sites for hydroxylation is 1. The molecular formula is C16H22N4. The molecule has 0 spiro atoms. The Kier molecular flexibility index (Phi) is 4.02. The highest BCUT2D eigenvalue weighted by Gasteiger charge is 2.19. The lowest BCUT2D eigenvalue weighted by Gasteiger charge is -2.19. The maximum absolute atomic E-state index is 4.75. The second-order valence-electron chi connectivity index (χ2n) is 5.85. The van der Waals surface area contributed by atoms with Crippen LogP contribution in [0.25, 0.3) is 11.4 Å². The predicted molar refractivity (Wildman–Crippen MR) is 82.9 cm³/mol. The molecule has 1 N–H and O–H groups in total. The number of nitrogens with one attached hydrogen (secondary N) is 1. The van der Waals surface area contributed by atoms with Gasteiger partial charge in [0.25, 0.3) is 0 Å². The molecule has 0 aliphatic heterocycles. The van der Waals surface area contributed by atoms with Gasteiger partial charge in [-0.3, -0.25) is 4.98 Å². The molecule has 0 aliphatic carbocycles. The highest BCUT2D eigenvalue weighted by molar-refractivity contribution is 5.61. The Bertz CT molecular complexity index is 600. The van der Waals surface area contributed by atoms with Crippen LogP contribution in [-0.2, 0) is 11.8 Å². The van der Waals surface area contributed by atoms with Crippen molar-refractivity contribution in [2.45, 2.75) is 39.5 Å². The minimum atomic E-state index is -0.0112. The summed E-state index contributed by atoms with van der Waals surface area (Å²) in [6, 6.07) is 4.00. The van der Waals surface area contributed by atoms with Crippen LogP contribution in [0.15, 0.2) is 24.5 Å². The van der Waals surface area contributed by atoms with Crippen LogP contribution >= 0.6 is 0 Å². The standard InChI is InChI=1S/C16H22N4/c1-6-11-10-18-8-7-12(11)15-19-13(16(2,3)4)9-14(17-5)20-15/h7-10H,6H2,1-5H3,(H,17,19,20). The van der Waals surface area contributed by atoms with Gasteiger partial charge in [-0.05, 0) is 18.1 Å². The highest BCUT2D eigenvalue weighted by Crippen LogP contribution is 2.27. The number of pyridine rings is 1. The van der Waals surface area contributed by atoms with E-state index in [2.05, 4.69) is 43.0 Å². The Balaban J connectivity index is 2.62. The van der Waals surface area contributed by atoms with Crippen LogP contribution in [0.3, 0.4) is 0 Å². The fraction of sp³-hybridized carbons (Fsp3) is 0.438. The molecular weight excluding hydrogens is 248 g/mol. The molecule has 0 fully saturated rings. The van der Waals surface area contributed by atoms with Gasteiger partial charge in [0.2, 0.25) is 0 Å². The summed E-state index contributed by atoms with van der Waals surface area (Å²) in [6.45, 7) is 8.59. The van der Waals surface area contributed by atoms with E-state index in [1.54, 1.807) is 6.20 Å². The van der Waals surface area contributed by atoms with Crippen LogP contribution in [0.5, 0.6) is 0 Å². The summed E-state index contributed by atoms with van der Waals surface area (Å²) < 4.78 is 0. The zero-order chi connectivity index (χ0) is 14.8. The summed E-state index contributed by atoms with van der Waals surface area (Å²) in [4.78, 5) is 13.5. The van der Waals surface area contributed by atoms with E-state index in [-0.39, 0.29) is 5.41 Å². The van der Waals surface area contributed by atoms with E-state index in [0.29, 0.717) is 0 Å². The second-order valence-corrected chi connectivity index (χ2v) is 5.85. The molecule has 0 radical (unpaired) electrons. The highest BCUT2D eigenvalue weighted by atomic mass is 15.0. The first-order valence-corrected chi connectivity index (χ1v) is 6.96. The first-order chi connectivity index (χ1) is 9.45. The molecule has 4 nitrogen and oxygen atoms in total. The van der Waals surface area contributed by atoms with E-state index in [9.17, 15) is 0 Å². The molecule has 0 aliphatic rings. The van der Waals surface area contributed by atoms with Gasteiger partial charge in [0, 0.05) is 36.5 Å². The molecule has 0 bridgehead atoms. The molecule has 0 saturated carbocycles. The van der Waals surface area contributed by atoms with E-state index in [0.717, 1.165) is 29.3 Å². The van der Waals surface area contributed by atoms with Crippen molar-refractivity contribution in [3.05, 3.63) is 35.8 Å². The average Bonchev–Trinajstić information content (AvgIpc) is 2.45. The Morgan fingerprint density at radius 3 is 2.55 bits per heavy atom. The average molecular weight is 270 g/mol. The largest absolute Gasteiger partial charge is 0.373 e. The smallest absolute Gasteiger partial charge is 0.162 e. The summed E-state index contributed by atoms with van der Waals surface area (Å²) in [5.74, 6) is 1.61. The molecule has 0 unspecified atom stereocenters. The number of aromatic nitrogens is 3. The lowest BCUT2D eigenvalue weighted by atomic mass is 9.91. The van der Waals surface area contributed by atoms with Crippen molar-refractivity contribution in [1.29, 1.82) is 0 Å². The van der Waals surface area contributed by atoms with Crippen molar-refractivity contribution in [3.8, 4) is 11.4 Å². The molecule has 2 heterocycles. The van der Waals surface area contributed by atoms with Crippen LogP contribution in [0.2, 0.25) is 0 Å². The Hall–Kier alpha value is -1.97. The van der Waals surface area contributed by atoms with Crippen molar-refractivity contribution in [1.82, 2.24) is 15.0 Å². The van der Waals surface area contributed by atoms with Crippen molar-refractivity contribution in [2.75, 3.05) is 12.4 Å². The monoisotopic (exact) mass is 270 g/mol. The second kappa shape index (κ2) is 5.57. The zero-order valence-corrected chi connectivity index (χ0v) is 12.9. The maximum atomic E-state index is 4.75. The van der Waals surface area contributed by atoms with Crippen molar-refractivity contribution >= 4 is 5.82 Å². The fourth-order valence-electron chi connectivity index (χ4n) is 2.01. The molecule has 4 heteroatoms. The Labute approximate surface area is 120 Å². The normalized spacial score (nSPS) is 11.4. The van der Waals surface area contributed by atoms with Gasteiger partial charge in [0.1, 0.15) is 5.82 Å².